The number of aliphatic hydroxyl groups excluding tert-OH is 1. The first-order chi connectivity index (χ1) is 7.76. The Kier molecular flexibility index (Phi) is 3.56. The summed E-state index contributed by atoms with van der Waals surface area (Å²) in [6.07, 6.45) is 3.27. The van der Waals surface area contributed by atoms with Crippen molar-refractivity contribution < 1.29 is 5.11 Å². The smallest absolute Gasteiger partial charge is 0.0997 e. The normalized spacial score (nSPS) is 17.7. The van der Waals surface area contributed by atoms with Gasteiger partial charge >= 0.3 is 0 Å². The van der Waals surface area contributed by atoms with Crippen molar-refractivity contribution in [1.82, 2.24) is 15.0 Å². The highest BCUT2D eigenvalue weighted by atomic mass is 16.3. The summed E-state index contributed by atoms with van der Waals surface area (Å²) < 4.78 is 1.99. The van der Waals surface area contributed by atoms with E-state index < -0.39 is 0 Å². The van der Waals surface area contributed by atoms with Crippen LogP contribution < -0.4 is 5.73 Å². The van der Waals surface area contributed by atoms with E-state index in [9.17, 15) is 0 Å². The van der Waals surface area contributed by atoms with E-state index in [0.717, 1.165) is 18.7 Å². The molecule has 3 N–H and O–H groups in total. The molecule has 90 valence electrons. The maximum absolute atomic E-state index is 8.89. The average molecular weight is 224 g/mol. The molecule has 5 nitrogen and oxygen atoms in total. The summed E-state index contributed by atoms with van der Waals surface area (Å²) in [6, 6.07) is 0. The summed E-state index contributed by atoms with van der Waals surface area (Å²) in [5.41, 5.74) is 7.84. The Morgan fingerprint density at radius 1 is 1.56 bits per heavy atom. The molecule has 0 amide bonds. The first kappa shape index (κ1) is 11.5. The van der Waals surface area contributed by atoms with Crippen LogP contribution in [0.4, 0.5) is 0 Å². The van der Waals surface area contributed by atoms with Crippen LogP contribution in [0.25, 0.3) is 0 Å². The molecule has 16 heavy (non-hydrogen) atoms. The molecule has 1 aliphatic carbocycles. The monoisotopic (exact) mass is 224 g/mol. The molecule has 5 heteroatoms. The van der Waals surface area contributed by atoms with Gasteiger partial charge in [0.2, 0.25) is 0 Å². The third-order valence-corrected chi connectivity index (χ3v) is 3.11. The number of aliphatic hydroxyl groups is 1. The Morgan fingerprint density at radius 3 is 2.88 bits per heavy atom. The van der Waals surface area contributed by atoms with E-state index in [1.165, 1.54) is 18.5 Å². The van der Waals surface area contributed by atoms with Crippen LogP contribution in [0.1, 0.15) is 43.5 Å². The maximum atomic E-state index is 8.89. The second-order valence-corrected chi connectivity index (χ2v) is 4.70. The number of nitrogens with two attached hydrogens (primary N) is 1. The van der Waals surface area contributed by atoms with Gasteiger partial charge in [-0.15, -0.1) is 5.10 Å². The summed E-state index contributed by atoms with van der Waals surface area (Å²) >= 11 is 0. The number of hydrogen-bond acceptors (Lipinski definition) is 4. The van der Waals surface area contributed by atoms with E-state index in [-0.39, 0.29) is 6.61 Å². The zero-order chi connectivity index (χ0) is 11.5. The van der Waals surface area contributed by atoms with E-state index in [4.69, 9.17) is 10.8 Å². The van der Waals surface area contributed by atoms with Gasteiger partial charge in [0.25, 0.3) is 0 Å². The molecular formula is C11H20N4O. The van der Waals surface area contributed by atoms with Crippen LogP contribution in [0.15, 0.2) is 0 Å². The minimum atomic E-state index is 0.234. The average Bonchev–Trinajstić information content (AvgIpc) is 3.01. The lowest BCUT2D eigenvalue weighted by Crippen LogP contribution is -2.13. The lowest BCUT2D eigenvalue weighted by Gasteiger charge is -2.12. The summed E-state index contributed by atoms with van der Waals surface area (Å²) in [5.74, 6) is 1.05. The molecule has 2 rings (SSSR count). The van der Waals surface area contributed by atoms with Gasteiger partial charge in [-0.05, 0) is 25.2 Å². The van der Waals surface area contributed by atoms with E-state index in [0.29, 0.717) is 18.4 Å². The van der Waals surface area contributed by atoms with Gasteiger partial charge in [-0.3, -0.25) is 0 Å². The van der Waals surface area contributed by atoms with Gasteiger partial charge in [-0.1, -0.05) is 12.1 Å². The number of nitrogens with zero attached hydrogens (tertiary/aromatic N) is 3. The second-order valence-electron chi connectivity index (χ2n) is 4.70. The van der Waals surface area contributed by atoms with Gasteiger partial charge in [0, 0.05) is 25.6 Å². The van der Waals surface area contributed by atoms with Crippen LogP contribution >= 0.6 is 0 Å². The molecule has 0 spiro atoms. The Morgan fingerprint density at radius 2 is 2.31 bits per heavy atom. The molecule has 1 unspecified atom stereocenters. The molecule has 0 aromatic carbocycles. The van der Waals surface area contributed by atoms with Gasteiger partial charge < -0.3 is 10.8 Å². The Hall–Kier alpha value is -0.940. The summed E-state index contributed by atoms with van der Waals surface area (Å²) in [6.45, 7) is 3.66. The SMILES string of the molecule is CC(CCO)Cn1nnc(CN)c1C1CC1. The molecular weight excluding hydrogens is 204 g/mol. The topological polar surface area (TPSA) is 77.0 Å². The lowest BCUT2D eigenvalue weighted by molar-refractivity contribution is 0.250. The molecule has 0 radical (unpaired) electrons. The lowest BCUT2D eigenvalue weighted by atomic mass is 10.1. The van der Waals surface area contributed by atoms with Crippen molar-refractivity contribution in [1.29, 1.82) is 0 Å². The van der Waals surface area contributed by atoms with Crippen molar-refractivity contribution in [3.05, 3.63) is 11.4 Å². The van der Waals surface area contributed by atoms with Crippen molar-refractivity contribution >= 4 is 0 Å². The molecule has 0 aliphatic heterocycles. The summed E-state index contributed by atoms with van der Waals surface area (Å²) in [7, 11) is 0. The summed E-state index contributed by atoms with van der Waals surface area (Å²) in [4.78, 5) is 0. The molecule has 1 saturated carbocycles. The van der Waals surface area contributed by atoms with Crippen LogP contribution in [-0.4, -0.2) is 26.7 Å². The fourth-order valence-corrected chi connectivity index (χ4v) is 2.05. The third kappa shape index (κ3) is 2.41. The molecule has 1 heterocycles. The fraction of sp³-hybridized carbons (Fsp3) is 0.818. The van der Waals surface area contributed by atoms with Crippen LogP contribution in [-0.2, 0) is 13.1 Å². The van der Waals surface area contributed by atoms with Gasteiger partial charge in [0.05, 0.1) is 11.4 Å². The Balaban J connectivity index is 2.10. The van der Waals surface area contributed by atoms with Gasteiger partial charge in [-0.2, -0.15) is 0 Å². The van der Waals surface area contributed by atoms with Crippen molar-refractivity contribution in [2.24, 2.45) is 11.7 Å². The minimum absolute atomic E-state index is 0.234. The third-order valence-electron chi connectivity index (χ3n) is 3.11. The highest BCUT2D eigenvalue weighted by Crippen LogP contribution is 2.41. The van der Waals surface area contributed by atoms with Gasteiger partial charge in [0.15, 0.2) is 0 Å². The minimum Gasteiger partial charge on any atom is -0.396 e. The molecule has 1 aromatic heterocycles. The largest absolute Gasteiger partial charge is 0.396 e. The molecule has 1 aliphatic rings. The summed E-state index contributed by atoms with van der Waals surface area (Å²) in [5, 5.41) is 17.2. The highest BCUT2D eigenvalue weighted by Gasteiger charge is 2.30. The molecule has 1 atom stereocenters. The second kappa shape index (κ2) is 4.93. The zero-order valence-electron chi connectivity index (χ0n) is 9.76. The fourth-order valence-electron chi connectivity index (χ4n) is 2.05. The molecule has 1 aromatic rings. The number of aromatic nitrogens is 3. The van der Waals surface area contributed by atoms with Gasteiger partial charge in [0.1, 0.15) is 0 Å². The maximum Gasteiger partial charge on any atom is 0.0997 e. The predicted octanol–water partition coefficient (Wildman–Crippen LogP) is 0.633. The van der Waals surface area contributed by atoms with E-state index in [1.54, 1.807) is 0 Å². The van der Waals surface area contributed by atoms with Crippen molar-refractivity contribution in [2.75, 3.05) is 6.61 Å². The van der Waals surface area contributed by atoms with E-state index in [2.05, 4.69) is 17.2 Å². The number of rotatable bonds is 6. The van der Waals surface area contributed by atoms with Crippen LogP contribution in [0, 0.1) is 5.92 Å². The number of hydrogen-bond donors (Lipinski definition) is 2. The van der Waals surface area contributed by atoms with E-state index >= 15 is 0 Å². The van der Waals surface area contributed by atoms with Crippen molar-refractivity contribution in [3.8, 4) is 0 Å². The Bertz CT molecular complexity index is 346. The highest BCUT2D eigenvalue weighted by molar-refractivity contribution is 5.20. The first-order valence-corrected chi connectivity index (χ1v) is 5.99. The molecule has 0 saturated heterocycles. The van der Waals surface area contributed by atoms with E-state index in [1.807, 2.05) is 4.68 Å². The molecule has 1 fully saturated rings. The van der Waals surface area contributed by atoms with Crippen molar-refractivity contribution in [2.45, 2.75) is 45.2 Å². The van der Waals surface area contributed by atoms with Crippen molar-refractivity contribution in [3.63, 3.8) is 0 Å². The van der Waals surface area contributed by atoms with Crippen LogP contribution in [0.3, 0.4) is 0 Å². The quantitative estimate of drug-likeness (QED) is 0.743. The van der Waals surface area contributed by atoms with Crippen LogP contribution in [0.2, 0.25) is 0 Å². The first-order valence-electron chi connectivity index (χ1n) is 5.99. The Labute approximate surface area is 95.6 Å². The predicted molar refractivity (Wildman–Crippen MR) is 60.8 cm³/mol. The standard InChI is InChI=1S/C11H20N4O/c1-8(4-5-16)7-15-11(9-2-3-9)10(6-12)13-14-15/h8-9,16H,2-7,12H2,1H3. The molecule has 0 bridgehead atoms. The van der Waals surface area contributed by atoms with Crippen LogP contribution in [0.5, 0.6) is 0 Å². The zero-order valence-corrected chi connectivity index (χ0v) is 9.76. The van der Waals surface area contributed by atoms with Gasteiger partial charge in [-0.25, -0.2) is 4.68 Å².